The minimum Gasteiger partial charge on any atom is -1.00 e. The zero-order valence-corrected chi connectivity index (χ0v) is 40.4. The number of aliphatic hydroxyl groups is 1. The SMILES string of the molecule is C.C=C(C)C(=O)Cl.C=C(C)C(=O)OC1CC2OC1C1COC(=O)C21.CO.O=C1OC(=O)C2C3C=CC(O3)C12.O=C1OCC2C3C=CC(O3)C12.O=C1OCC2C3CCC(O3)C12.[B].[H-].[Na+].[Na+].[OH-]. The van der Waals surface area contributed by atoms with Crippen molar-refractivity contribution in [2.45, 2.75) is 95.5 Å². The number of ether oxygens (including phenoxy) is 9. The Hall–Kier alpha value is -2.24. The van der Waals surface area contributed by atoms with Gasteiger partial charge in [0, 0.05) is 50.8 Å². The second-order valence-corrected chi connectivity index (χ2v) is 16.4. The van der Waals surface area contributed by atoms with Gasteiger partial charge in [-0.3, -0.25) is 28.8 Å². The first-order valence-corrected chi connectivity index (χ1v) is 20.0. The van der Waals surface area contributed by atoms with Crippen LogP contribution in [0.15, 0.2) is 48.6 Å². The second-order valence-electron chi connectivity index (χ2n) is 16.1. The summed E-state index contributed by atoms with van der Waals surface area (Å²) in [7, 11) is 1.00. The van der Waals surface area contributed by atoms with E-state index in [4.69, 9.17) is 54.6 Å². The molecule has 2 N–H and O–H groups in total. The first kappa shape index (κ1) is 57.9. The molecule has 0 aromatic rings. The fourth-order valence-corrected chi connectivity index (χ4v) is 9.81. The first-order valence-electron chi connectivity index (χ1n) is 19.6. The Morgan fingerprint density at radius 2 is 1.08 bits per heavy atom. The van der Waals surface area contributed by atoms with E-state index >= 15 is 0 Å². The quantitative estimate of drug-likeness (QED) is 0.0534. The maximum absolute atomic E-state index is 11.5. The van der Waals surface area contributed by atoms with Crippen LogP contribution in [0.1, 0.15) is 42.0 Å². The van der Waals surface area contributed by atoms with Crippen molar-refractivity contribution in [2.75, 3.05) is 26.9 Å². The Morgan fingerprint density at radius 3 is 1.58 bits per heavy atom. The van der Waals surface area contributed by atoms with Crippen molar-refractivity contribution in [3.63, 3.8) is 0 Å². The number of fused-ring (bicyclic) bond motifs is 20. The molecule has 3 radical (unpaired) electrons. The number of esters is 6. The molecule has 64 heavy (non-hydrogen) atoms. The molecule has 10 saturated heterocycles. The van der Waals surface area contributed by atoms with Crippen LogP contribution in [-0.4, -0.2) is 142 Å². The van der Waals surface area contributed by atoms with Crippen molar-refractivity contribution in [1.29, 1.82) is 0 Å². The predicted octanol–water partition coefficient (Wildman–Crippen LogP) is -4.34. The molecule has 0 amide bonds. The van der Waals surface area contributed by atoms with Crippen LogP contribution in [-0.2, 0) is 76.2 Å². The molecule has 0 aliphatic carbocycles. The smallest absolute Gasteiger partial charge is 1.00 e. The van der Waals surface area contributed by atoms with E-state index in [0.29, 0.717) is 55.3 Å². The fraction of sp³-hybridized carbons (Fsp3) is 0.643. The average Bonchev–Trinajstić information content (AvgIpc) is 4.05. The molecule has 17 atom stereocenters. The molecule has 0 saturated carbocycles. The zero-order valence-electron chi connectivity index (χ0n) is 36.7. The Kier molecular flexibility index (Phi) is 21.9. The molecular weight excluding hydrogens is 885 g/mol. The van der Waals surface area contributed by atoms with Gasteiger partial charge < -0.3 is 54.6 Å². The van der Waals surface area contributed by atoms with E-state index in [1.54, 1.807) is 13.8 Å². The van der Waals surface area contributed by atoms with E-state index in [1.165, 1.54) is 0 Å². The van der Waals surface area contributed by atoms with Crippen molar-refractivity contribution in [3.8, 4) is 0 Å². The van der Waals surface area contributed by atoms with Gasteiger partial charge in [0.2, 0.25) is 5.24 Å². The van der Waals surface area contributed by atoms with Crippen LogP contribution in [0, 0.1) is 47.3 Å². The van der Waals surface area contributed by atoms with E-state index in [-0.39, 0.29) is 184 Å². The van der Waals surface area contributed by atoms with Gasteiger partial charge in [0.1, 0.15) is 24.0 Å². The Labute approximate surface area is 423 Å². The summed E-state index contributed by atoms with van der Waals surface area (Å²) in [6.45, 7) is 11.5. The van der Waals surface area contributed by atoms with Gasteiger partial charge in [-0.25, -0.2) is 4.79 Å². The molecule has 10 fully saturated rings. The van der Waals surface area contributed by atoms with E-state index in [9.17, 15) is 33.6 Å². The minimum absolute atomic E-state index is 0. The number of allylic oxidation sites excluding steroid dienone is 1. The normalized spacial score (nSPS) is 39.0. The molecule has 8 bridgehead atoms. The van der Waals surface area contributed by atoms with E-state index in [1.807, 2.05) is 24.3 Å². The number of hydrogen-bond donors (Lipinski definition) is 1. The van der Waals surface area contributed by atoms with Crippen molar-refractivity contribution < 1.29 is 147 Å². The van der Waals surface area contributed by atoms with Gasteiger partial charge in [-0.05, 0) is 38.3 Å². The van der Waals surface area contributed by atoms with Gasteiger partial charge in [-0.2, -0.15) is 0 Å². The van der Waals surface area contributed by atoms with Crippen LogP contribution in [0.5, 0.6) is 0 Å². The second kappa shape index (κ2) is 24.2. The molecule has 0 spiro atoms. The number of hydrogen-bond acceptors (Lipinski definition) is 18. The summed E-state index contributed by atoms with van der Waals surface area (Å²) in [5.74, 6) is -1.58. The summed E-state index contributed by atoms with van der Waals surface area (Å²) in [6, 6.07) is 0. The third-order valence-electron chi connectivity index (χ3n) is 12.6. The molecule has 12 rings (SSSR count). The molecule has 0 aromatic heterocycles. The summed E-state index contributed by atoms with van der Waals surface area (Å²) in [5, 5.41) is 6.54. The predicted molar refractivity (Wildman–Crippen MR) is 213 cm³/mol. The summed E-state index contributed by atoms with van der Waals surface area (Å²) in [5.41, 5.74) is 0.764. The third-order valence-corrected chi connectivity index (χ3v) is 12.9. The number of rotatable bonds is 3. The largest absolute Gasteiger partial charge is 1.00 e. The van der Waals surface area contributed by atoms with Crippen LogP contribution >= 0.6 is 11.6 Å². The monoisotopic (exact) mass is 937 g/mol. The topological polar surface area (TPSA) is 253 Å². The Balaban J connectivity index is 0.000000404. The van der Waals surface area contributed by atoms with Crippen LogP contribution < -0.4 is 59.1 Å². The van der Waals surface area contributed by atoms with Crippen LogP contribution in [0.25, 0.3) is 0 Å². The van der Waals surface area contributed by atoms with E-state index in [0.717, 1.165) is 20.0 Å². The average molecular weight is 938 g/mol. The van der Waals surface area contributed by atoms with Crippen LogP contribution in [0.4, 0.5) is 0 Å². The maximum Gasteiger partial charge on any atom is 1.00 e. The molecule has 12 heterocycles. The van der Waals surface area contributed by atoms with Gasteiger partial charge in [0.25, 0.3) is 0 Å². The standard InChI is InChI=1S/C12H14O5.C8H6O4.C8H10O3.C8H8O3.C4H5ClO.CH4O.CH4.B.2Na.H2O.H/c1-5(2)11(13)17-8-3-7-9-6(10(8)16-7)4-15-12(9)14;9-7-5-3-1-2-4(11-3)6(5)8(10)12-7;2*9-8-7-4(3-10-8)5-1-2-6(7)11-5;1-3(2)4(5)6;1-2;;;;;;/h6-10H,1,3-4H2,2H3;1-6H;4-7H,1-3H2;1-2,4-7H,3H2;1H2,2H3;2H,1H3;1H4;;;;1H2;/q;;;;;;;;2*+1;;-1/p-1. The van der Waals surface area contributed by atoms with Crippen molar-refractivity contribution in [3.05, 3.63) is 48.6 Å². The van der Waals surface area contributed by atoms with Gasteiger partial charge >= 0.3 is 94.9 Å². The molecule has 341 valence electrons. The van der Waals surface area contributed by atoms with Crippen molar-refractivity contribution >= 4 is 61.1 Å². The molecule has 18 nitrogen and oxygen atoms in total. The van der Waals surface area contributed by atoms with Gasteiger partial charge in [0.05, 0.1) is 80.3 Å². The van der Waals surface area contributed by atoms with E-state index < -0.39 is 23.2 Å². The molecule has 12 aliphatic heterocycles. The maximum atomic E-state index is 11.5. The fourth-order valence-electron chi connectivity index (χ4n) is 9.81. The molecule has 17 unspecified atom stereocenters. The van der Waals surface area contributed by atoms with Crippen LogP contribution in [0.2, 0.25) is 0 Å². The third kappa shape index (κ3) is 11.2. The summed E-state index contributed by atoms with van der Waals surface area (Å²) < 4.78 is 46.9. The molecule has 0 aromatic carbocycles. The number of carbonyl (C=O) groups is 7. The van der Waals surface area contributed by atoms with Gasteiger partial charge in [0.15, 0.2) is 0 Å². The molecule has 22 heteroatoms. The number of carbonyl (C=O) groups excluding carboxylic acids is 7. The zero-order chi connectivity index (χ0) is 42.4. The summed E-state index contributed by atoms with van der Waals surface area (Å²) in [6.07, 6.45) is 10.1. The van der Waals surface area contributed by atoms with E-state index in [2.05, 4.69) is 17.9 Å². The van der Waals surface area contributed by atoms with Gasteiger partial charge in [-0.15, -0.1) is 0 Å². The number of aliphatic hydroxyl groups excluding tert-OH is 1. The first-order chi connectivity index (χ1) is 28.2. The van der Waals surface area contributed by atoms with Crippen molar-refractivity contribution in [2.24, 2.45) is 47.3 Å². The minimum atomic E-state index is -0.463. The van der Waals surface area contributed by atoms with Gasteiger partial charge in [-0.1, -0.05) is 44.9 Å². The van der Waals surface area contributed by atoms with Crippen LogP contribution in [0.3, 0.4) is 0 Å². The molecule has 12 aliphatic rings. The Bertz CT molecular complexity index is 1830. The number of cyclic esters (lactones) is 5. The summed E-state index contributed by atoms with van der Waals surface area (Å²) >= 11 is 4.87. The Morgan fingerprint density at radius 1 is 0.641 bits per heavy atom. The van der Waals surface area contributed by atoms with Crippen molar-refractivity contribution in [1.82, 2.24) is 0 Å². The summed E-state index contributed by atoms with van der Waals surface area (Å²) in [4.78, 5) is 77.2. The number of halogens is 1. The molecular formula is C42H53BClNa2O18.